The zero-order valence-corrected chi connectivity index (χ0v) is 20.4. The van der Waals surface area contributed by atoms with Gasteiger partial charge in [-0.25, -0.2) is 0 Å². The lowest BCUT2D eigenvalue weighted by molar-refractivity contribution is -0.129. The summed E-state index contributed by atoms with van der Waals surface area (Å²) in [5.41, 5.74) is 1.18. The third-order valence-electron chi connectivity index (χ3n) is 6.38. The van der Waals surface area contributed by atoms with Crippen molar-refractivity contribution in [3.63, 3.8) is 0 Å². The monoisotopic (exact) mass is 509 g/mol. The van der Waals surface area contributed by atoms with Crippen LogP contribution >= 0.6 is 35.0 Å². The summed E-state index contributed by atoms with van der Waals surface area (Å²) in [6, 6.07) is 4.76. The first kappa shape index (κ1) is 24.1. The molecule has 0 bridgehead atoms. The fourth-order valence-corrected chi connectivity index (χ4v) is 5.54. The molecule has 2 aliphatic heterocycles. The lowest BCUT2D eigenvalue weighted by Gasteiger charge is -2.29. The quantitative estimate of drug-likeness (QED) is 0.571. The van der Waals surface area contributed by atoms with Crippen molar-refractivity contribution < 1.29 is 19.2 Å². The zero-order chi connectivity index (χ0) is 23.5. The smallest absolute Gasteiger partial charge is 0.294 e. The SMILES string of the molecule is O=C(CN1C(=O)SC(=C2CCN(C(=O)c3cc(Cl)ccc3Cl)CC2)C1=O)NCCC1CCC1. The number of hydrogen-bond acceptors (Lipinski definition) is 5. The van der Waals surface area contributed by atoms with Crippen molar-refractivity contribution in [2.24, 2.45) is 5.92 Å². The standard InChI is InChI=1S/C23H25Cl2N3O4S/c24-16-4-5-18(25)17(12-16)21(30)27-10-7-15(8-11-27)20-22(31)28(23(32)33-20)13-19(29)26-9-6-14-2-1-3-14/h4-5,12,14H,1-3,6-11,13H2,(H,26,29). The summed E-state index contributed by atoms with van der Waals surface area (Å²) in [4.78, 5) is 53.3. The van der Waals surface area contributed by atoms with Crippen molar-refractivity contribution in [3.05, 3.63) is 44.3 Å². The van der Waals surface area contributed by atoms with E-state index in [9.17, 15) is 19.2 Å². The van der Waals surface area contributed by atoms with Crippen LogP contribution in [0.4, 0.5) is 4.79 Å². The van der Waals surface area contributed by atoms with Crippen LogP contribution < -0.4 is 5.32 Å². The van der Waals surface area contributed by atoms with Gasteiger partial charge in [0.1, 0.15) is 6.54 Å². The van der Waals surface area contributed by atoms with Crippen molar-refractivity contribution in [2.75, 3.05) is 26.2 Å². The Labute approximate surface area is 206 Å². The maximum atomic E-state index is 12.8. The maximum Gasteiger partial charge on any atom is 0.294 e. The Morgan fingerprint density at radius 1 is 1.12 bits per heavy atom. The van der Waals surface area contributed by atoms with Gasteiger partial charge in [0.05, 0.1) is 15.5 Å². The van der Waals surface area contributed by atoms with Gasteiger partial charge in [0.25, 0.3) is 17.1 Å². The average Bonchev–Trinajstić information content (AvgIpc) is 3.05. The molecule has 10 heteroatoms. The highest BCUT2D eigenvalue weighted by atomic mass is 35.5. The third kappa shape index (κ3) is 5.55. The van der Waals surface area contributed by atoms with Gasteiger partial charge in [0.15, 0.2) is 0 Å². The van der Waals surface area contributed by atoms with Crippen LogP contribution in [0, 0.1) is 5.92 Å². The molecular weight excluding hydrogens is 485 g/mol. The molecule has 7 nitrogen and oxygen atoms in total. The topological polar surface area (TPSA) is 86.8 Å². The number of thioether (sulfide) groups is 1. The summed E-state index contributed by atoms with van der Waals surface area (Å²) < 4.78 is 0. The lowest BCUT2D eigenvalue weighted by atomic mass is 9.83. The Bertz CT molecular complexity index is 1010. The highest BCUT2D eigenvalue weighted by molar-refractivity contribution is 8.18. The van der Waals surface area contributed by atoms with Crippen molar-refractivity contribution in [3.8, 4) is 0 Å². The van der Waals surface area contributed by atoms with Crippen LogP contribution in [0.3, 0.4) is 0 Å². The summed E-state index contributed by atoms with van der Waals surface area (Å²) in [6.07, 6.45) is 5.57. The average molecular weight is 510 g/mol. The van der Waals surface area contributed by atoms with Crippen molar-refractivity contribution in [2.45, 2.75) is 38.5 Å². The van der Waals surface area contributed by atoms with Crippen molar-refractivity contribution in [1.82, 2.24) is 15.1 Å². The number of imide groups is 1. The molecule has 176 valence electrons. The second kappa shape index (κ2) is 10.5. The number of amides is 4. The summed E-state index contributed by atoms with van der Waals surface area (Å²) in [5, 5.41) is 3.15. The number of rotatable bonds is 6. The predicted octanol–water partition coefficient (Wildman–Crippen LogP) is 4.49. The van der Waals surface area contributed by atoms with E-state index in [4.69, 9.17) is 23.2 Å². The fraction of sp³-hybridized carbons (Fsp3) is 0.478. The first-order chi connectivity index (χ1) is 15.8. The second-order valence-electron chi connectivity index (χ2n) is 8.54. The van der Waals surface area contributed by atoms with Crippen LogP contribution in [0.5, 0.6) is 0 Å². The number of nitrogens with one attached hydrogen (secondary N) is 1. The molecule has 1 aromatic carbocycles. The van der Waals surface area contributed by atoms with Gasteiger partial charge < -0.3 is 10.2 Å². The number of likely N-dealkylation sites (tertiary alicyclic amines) is 1. The van der Waals surface area contributed by atoms with Crippen molar-refractivity contribution >= 4 is 57.9 Å². The van der Waals surface area contributed by atoms with E-state index < -0.39 is 11.1 Å². The first-order valence-corrected chi connectivity index (χ1v) is 12.7. The van der Waals surface area contributed by atoms with Gasteiger partial charge in [-0.1, -0.05) is 42.5 Å². The number of benzene rings is 1. The molecule has 33 heavy (non-hydrogen) atoms. The van der Waals surface area contributed by atoms with Gasteiger partial charge in [-0.3, -0.25) is 24.1 Å². The van der Waals surface area contributed by atoms with Gasteiger partial charge in [0, 0.05) is 24.7 Å². The van der Waals surface area contributed by atoms with Gasteiger partial charge in [-0.2, -0.15) is 0 Å². The molecule has 3 fully saturated rings. The van der Waals surface area contributed by atoms with E-state index in [2.05, 4.69) is 5.32 Å². The molecule has 0 atom stereocenters. The molecule has 0 radical (unpaired) electrons. The van der Waals surface area contributed by atoms with E-state index in [0.29, 0.717) is 58.9 Å². The molecule has 0 aromatic heterocycles. The molecule has 0 spiro atoms. The summed E-state index contributed by atoms with van der Waals surface area (Å²) in [7, 11) is 0. The van der Waals surface area contributed by atoms with Crippen LogP contribution in [-0.2, 0) is 9.59 Å². The van der Waals surface area contributed by atoms with E-state index in [1.165, 1.54) is 19.3 Å². The number of halogens is 2. The first-order valence-electron chi connectivity index (χ1n) is 11.1. The van der Waals surface area contributed by atoms with Crippen LogP contribution in [0.2, 0.25) is 10.0 Å². The molecule has 1 aliphatic carbocycles. The molecule has 1 saturated carbocycles. The molecule has 3 aliphatic rings. The van der Waals surface area contributed by atoms with E-state index in [1.54, 1.807) is 23.1 Å². The molecule has 4 amide bonds. The minimum Gasteiger partial charge on any atom is -0.355 e. The summed E-state index contributed by atoms with van der Waals surface area (Å²) in [5.74, 6) is -0.276. The molecule has 4 rings (SSSR count). The van der Waals surface area contributed by atoms with E-state index in [1.807, 2.05) is 0 Å². The Balaban J connectivity index is 1.33. The largest absolute Gasteiger partial charge is 0.355 e. The van der Waals surface area contributed by atoms with E-state index in [0.717, 1.165) is 28.7 Å². The second-order valence-corrected chi connectivity index (χ2v) is 10.3. The minimum absolute atomic E-state index is 0.215. The number of nitrogens with zero attached hydrogens (tertiary/aromatic N) is 2. The van der Waals surface area contributed by atoms with Gasteiger partial charge in [0.2, 0.25) is 5.91 Å². The Morgan fingerprint density at radius 3 is 2.52 bits per heavy atom. The number of piperidine rings is 1. The molecule has 2 saturated heterocycles. The van der Waals surface area contributed by atoms with Crippen molar-refractivity contribution in [1.29, 1.82) is 0 Å². The normalized spacial score (nSPS) is 19.2. The molecule has 2 heterocycles. The molecular formula is C23H25Cl2N3O4S. The zero-order valence-electron chi connectivity index (χ0n) is 18.1. The van der Waals surface area contributed by atoms with Gasteiger partial charge in [-0.15, -0.1) is 0 Å². The Kier molecular flexibility index (Phi) is 7.66. The highest BCUT2D eigenvalue weighted by Gasteiger charge is 2.39. The number of carbonyl (C=O) groups excluding carboxylic acids is 4. The van der Waals surface area contributed by atoms with E-state index >= 15 is 0 Å². The highest BCUT2D eigenvalue weighted by Crippen LogP contribution is 2.36. The van der Waals surface area contributed by atoms with Crippen LogP contribution in [0.25, 0.3) is 0 Å². The summed E-state index contributed by atoms with van der Waals surface area (Å²) >= 11 is 13.0. The predicted molar refractivity (Wildman–Crippen MR) is 128 cm³/mol. The molecule has 1 aromatic rings. The number of carbonyl (C=O) groups is 4. The Morgan fingerprint density at radius 2 is 1.85 bits per heavy atom. The van der Waals surface area contributed by atoms with Gasteiger partial charge in [-0.05, 0) is 60.7 Å². The lowest BCUT2D eigenvalue weighted by Crippen LogP contribution is -2.40. The Hall–Kier alpha value is -2.03. The van der Waals surface area contributed by atoms with Gasteiger partial charge >= 0.3 is 0 Å². The van der Waals surface area contributed by atoms with Crippen LogP contribution in [-0.4, -0.2) is 58.9 Å². The third-order valence-corrected chi connectivity index (χ3v) is 8.01. The van der Waals surface area contributed by atoms with Crippen LogP contribution in [0.1, 0.15) is 48.9 Å². The fourth-order valence-electron chi connectivity index (χ4n) is 4.19. The molecule has 1 N–H and O–H groups in total. The van der Waals surface area contributed by atoms with E-state index in [-0.39, 0.29) is 18.4 Å². The number of hydrogen-bond donors (Lipinski definition) is 1. The summed E-state index contributed by atoms with van der Waals surface area (Å²) in [6.45, 7) is 1.12. The maximum absolute atomic E-state index is 12.8. The molecule has 0 unspecified atom stereocenters. The van der Waals surface area contributed by atoms with Crippen LogP contribution in [0.15, 0.2) is 28.7 Å². The minimum atomic E-state index is -0.430.